The van der Waals surface area contributed by atoms with Gasteiger partial charge in [0.1, 0.15) is 5.01 Å². The molecule has 0 fully saturated rings. The Kier molecular flexibility index (Phi) is 4.98. The summed E-state index contributed by atoms with van der Waals surface area (Å²) in [4.78, 5) is 30.4. The minimum atomic E-state index is -1.10. The number of hydrogen-bond donors (Lipinski definition) is 1. The van der Waals surface area contributed by atoms with Crippen LogP contribution in [0.3, 0.4) is 0 Å². The molecule has 144 valence electrons. The Bertz CT molecular complexity index is 1120. The molecule has 0 spiro atoms. The molecule has 0 bridgehead atoms. The van der Waals surface area contributed by atoms with Crippen LogP contribution in [0.2, 0.25) is 5.02 Å². The molecule has 1 aliphatic heterocycles. The summed E-state index contributed by atoms with van der Waals surface area (Å²) in [7, 11) is 0. The Morgan fingerprint density at radius 3 is 2.82 bits per heavy atom. The topological polar surface area (TPSA) is 70.5 Å². The number of carbonyl (C=O) groups excluding carboxylic acids is 1. The van der Waals surface area contributed by atoms with Gasteiger partial charge in [-0.2, -0.15) is 0 Å². The summed E-state index contributed by atoms with van der Waals surface area (Å²) in [5, 5.41) is 9.10. The lowest BCUT2D eigenvalue weighted by Gasteiger charge is -2.33. The first-order valence-corrected chi connectivity index (χ1v) is 10.1. The number of rotatable bonds is 4. The van der Waals surface area contributed by atoms with Gasteiger partial charge in [0.25, 0.3) is 0 Å². The predicted molar refractivity (Wildman–Crippen MR) is 104 cm³/mol. The Morgan fingerprint density at radius 1 is 1.29 bits per heavy atom. The average Bonchev–Trinajstić information content (AvgIpc) is 3.06. The summed E-state index contributed by atoms with van der Waals surface area (Å²) in [6.07, 6.45) is -0.357. The molecule has 1 amide bonds. The highest BCUT2D eigenvalue weighted by atomic mass is 35.5. The summed E-state index contributed by atoms with van der Waals surface area (Å²) in [5.41, 5.74) is 0.834. The van der Waals surface area contributed by atoms with Crippen LogP contribution in [0, 0.1) is 11.6 Å². The third-order valence-corrected chi connectivity index (χ3v) is 6.98. The van der Waals surface area contributed by atoms with Gasteiger partial charge in [0.2, 0.25) is 5.91 Å². The Labute approximate surface area is 170 Å². The van der Waals surface area contributed by atoms with E-state index in [0.29, 0.717) is 26.1 Å². The molecule has 10 heteroatoms. The molecule has 0 saturated carbocycles. The van der Waals surface area contributed by atoms with Crippen LogP contribution in [0.4, 0.5) is 14.5 Å². The zero-order chi connectivity index (χ0) is 20.0. The first kappa shape index (κ1) is 19.1. The number of aliphatic carboxylic acids is 1. The van der Waals surface area contributed by atoms with E-state index >= 15 is 0 Å². The van der Waals surface area contributed by atoms with Gasteiger partial charge in [0, 0.05) is 0 Å². The number of anilines is 1. The largest absolute Gasteiger partial charge is 0.481 e. The molecule has 1 aliphatic rings. The first-order chi connectivity index (χ1) is 13.3. The Hall–Kier alpha value is -2.23. The van der Waals surface area contributed by atoms with Crippen molar-refractivity contribution in [2.75, 3.05) is 4.90 Å². The van der Waals surface area contributed by atoms with E-state index < -0.39 is 28.8 Å². The van der Waals surface area contributed by atoms with Gasteiger partial charge >= 0.3 is 5.97 Å². The number of aromatic nitrogens is 1. The number of nitrogens with zero attached hydrogens (tertiary/aromatic N) is 2. The van der Waals surface area contributed by atoms with E-state index in [1.54, 1.807) is 18.2 Å². The Morgan fingerprint density at radius 2 is 2.07 bits per heavy atom. The van der Waals surface area contributed by atoms with Gasteiger partial charge in [-0.15, -0.1) is 23.1 Å². The lowest BCUT2D eigenvalue weighted by molar-refractivity contribution is -0.138. The number of halogens is 3. The van der Waals surface area contributed by atoms with Gasteiger partial charge in [-0.3, -0.25) is 9.59 Å². The van der Waals surface area contributed by atoms with E-state index in [0.717, 1.165) is 29.2 Å². The predicted octanol–water partition coefficient (Wildman–Crippen LogP) is 4.71. The van der Waals surface area contributed by atoms with Gasteiger partial charge in [0.15, 0.2) is 11.6 Å². The van der Waals surface area contributed by atoms with Gasteiger partial charge < -0.3 is 10.0 Å². The van der Waals surface area contributed by atoms with E-state index in [-0.39, 0.29) is 17.7 Å². The number of fused-ring (bicyclic) bond motifs is 2. The van der Waals surface area contributed by atoms with Crippen molar-refractivity contribution in [2.24, 2.45) is 0 Å². The second-order valence-corrected chi connectivity index (χ2v) is 8.74. The zero-order valence-electron chi connectivity index (χ0n) is 14.0. The van der Waals surface area contributed by atoms with Gasteiger partial charge in [-0.1, -0.05) is 17.7 Å². The third-order valence-electron chi connectivity index (χ3n) is 4.19. The highest BCUT2D eigenvalue weighted by molar-refractivity contribution is 8.01. The number of benzene rings is 2. The van der Waals surface area contributed by atoms with Crippen LogP contribution < -0.4 is 4.90 Å². The minimum Gasteiger partial charge on any atom is -0.481 e. The molecule has 3 aromatic rings. The van der Waals surface area contributed by atoms with Crippen LogP contribution >= 0.6 is 34.7 Å². The fourth-order valence-corrected chi connectivity index (χ4v) is 5.45. The van der Waals surface area contributed by atoms with Crippen molar-refractivity contribution in [3.63, 3.8) is 0 Å². The molecule has 0 radical (unpaired) electrons. The maximum Gasteiger partial charge on any atom is 0.305 e. The third kappa shape index (κ3) is 3.34. The van der Waals surface area contributed by atoms with Crippen LogP contribution in [-0.4, -0.2) is 27.2 Å². The van der Waals surface area contributed by atoms with Crippen LogP contribution in [0.5, 0.6) is 0 Å². The lowest BCUT2D eigenvalue weighted by atomic mass is 10.2. The molecule has 1 unspecified atom stereocenters. The van der Waals surface area contributed by atoms with Crippen molar-refractivity contribution in [1.82, 2.24) is 4.98 Å². The SMILES string of the molecule is O=C(O)CC1Sc2c(Cl)cccc2N(Cc2nc3ccc(F)c(F)c3s2)C1=O. The van der Waals surface area contributed by atoms with Crippen LogP contribution in [-0.2, 0) is 16.1 Å². The summed E-state index contributed by atoms with van der Waals surface area (Å²) < 4.78 is 27.5. The normalized spacial score (nSPS) is 16.5. The van der Waals surface area contributed by atoms with Crippen LogP contribution in [0.15, 0.2) is 35.2 Å². The van der Waals surface area contributed by atoms with Crippen molar-refractivity contribution >= 4 is 62.5 Å². The zero-order valence-corrected chi connectivity index (χ0v) is 16.4. The molecule has 0 aliphatic carbocycles. The number of thioether (sulfide) groups is 1. The number of amides is 1. The van der Waals surface area contributed by atoms with Gasteiger partial charge in [-0.25, -0.2) is 13.8 Å². The quantitative estimate of drug-likeness (QED) is 0.636. The van der Waals surface area contributed by atoms with Crippen molar-refractivity contribution in [3.8, 4) is 0 Å². The fourth-order valence-electron chi connectivity index (χ4n) is 2.95. The molecule has 4 rings (SSSR count). The monoisotopic (exact) mass is 440 g/mol. The molecule has 0 saturated heterocycles. The van der Waals surface area contributed by atoms with Crippen LogP contribution in [0.25, 0.3) is 10.2 Å². The van der Waals surface area contributed by atoms with E-state index in [2.05, 4.69) is 4.98 Å². The number of hydrogen-bond acceptors (Lipinski definition) is 5. The minimum absolute atomic E-state index is 0.00323. The summed E-state index contributed by atoms with van der Waals surface area (Å²) in [5.74, 6) is -3.44. The number of thiazole rings is 1. The van der Waals surface area contributed by atoms with E-state index in [1.807, 2.05) is 0 Å². The molecule has 5 nitrogen and oxygen atoms in total. The molecule has 2 heterocycles. The first-order valence-electron chi connectivity index (χ1n) is 8.07. The van der Waals surface area contributed by atoms with Crippen LogP contribution in [0.1, 0.15) is 11.4 Å². The van der Waals surface area contributed by atoms with Gasteiger partial charge in [0.05, 0.1) is 44.0 Å². The second kappa shape index (κ2) is 7.31. The maximum atomic E-state index is 14.0. The van der Waals surface area contributed by atoms with E-state index in [9.17, 15) is 18.4 Å². The maximum absolute atomic E-state index is 14.0. The second-order valence-electron chi connectivity index (χ2n) is 6.03. The molecular formula is C18H11ClF2N2O3S2. The summed E-state index contributed by atoms with van der Waals surface area (Å²) in [6, 6.07) is 7.43. The number of carboxylic acid groups (broad SMARTS) is 1. The van der Waals surface area contributed by atoms with Crippen molar-refractivity contribution in [2.45, 2.75) is 23.1 Å². The van der Waals surface area contributed by atoms with E-state index in [1.165, 1.54) is 11.0 Å². The molecule has 28 heavy (non-hydrogen) atoms. The molecule has 1 N–H and O–H groups in total. The average molecular weight is 441 g/mol. The molecular weight excluding hydrogens is 430 g/mol. The van der Waals surface area contributed by atoms with Crippen molar-refractivity contribution in [3.05, 3.63) is 52.0 Å². The lowest BCUT2D eigenvalue weighted by Crippen LogP contribution is -2.41. The molecule has 2 aromatic carbocycles. The standard InChI is InChI=1S/C18H11ClF2N2O3S2/c19-8-2-1-3-11-16(8)27-12(6-14(24)25)18(26)23(11)7-13-22-10-5-4-9(20)15(21)17(10)28-13/h1-5,12H,6-7H2,(H,24,25). The van der Waals surface area contributed by atoms with Crippen molar-refractivity contribution in [1.29, 1.82) is 0 Å². The van der Waals surface area contributed by atoms with E-state index in [4.69, 9.17) is 16.7 Å². The fraction of sp³-hybridized carbons (Fsp3) is 0.167. The Balaban J connectivity index is 1.75. The molecule has 1 atom stereocenters. The van der Waals surface area contributed by atoms with Gasteiger partial charge in [-0.05, 0) is 24.3 Å². The number of carbonyl (C=O) groups is 2. The summed E-state index contributed by atoms with van der Waals surface area (Å²) in [6.45, 7) is 0.00323. The smallest absolute Gasteiger partial charge is 0.305 e. The molecule has 1 aromatic heterocycles. The van der Waals surface area contributed by atoms with Crippen molar-refractivity contribution < 1.29 is 23.5 Å². The highest BCUT2D eigenvalue weighted by Gasteiger charge is 2.36. The summed E-state index contributed by atoms with van der Waals surface area (Å²) >= 11 is 8.32. The number of carboxylic acids is 1. The highest BCUT2D eigenvalue weighted by Crippen LogP contribution is 2.45.